The van der Waals surface area contributed by atoms with Crippen LogP contribution >= 0.6 is 11.6 Å². The second-order valence-corrected chi connectivity index (χ2v) is 9.46. The molecule has 3 aliphatic rings. The molecule has 1 saturated heterocycles. The second kappa shape index (κ2) is 8.13. The molecule has 2 aromatic heterocycles. The molecule has 3 aromatic rings. The summed E-state index contributed by atoms with van der Waals surface area (Å²) in [6.45, 7) is 3.33. The van der Waals surface area contributed by atoms with Crippen molar-refractivity contribution < 1.29 is 8.78 Å². The zero-order valence-electron chi connectivity index (χ0n) is 18.0. The number of benzene rings is 1. The van der Waals surface area contributed by atoms with Crippen molar-refractivity contribution in [1.82, 2.24) is 19.7 Å². The number of rotatable bonds is 4. The van der Waals surface area contributed by atoms with E-state index in [0.29, 0.717) is 47.2 Å². The highest BCUT2D eigenvalue weighted by atomic mass is 35.5. The smallest absolute Gasteiger partial charge is 0.244 e. The first-order chi connectivity index (χ1) is 16.0. The molecular formula is C23H24ClF2N7. The van der Waals surface area contributed by atoms with Crippen molar-refractivity contribution in [3.8, 4) is 0 Å². The van der Waals surface area contributed by atoms with Crippen LogP contribution in [-0.4, -0.2) is 45.4 Å². The number of aromatic nitrogens is 4. The maximum Gasteiger partial charge on any atom is 0.244 e. The van der Waals surface area contributed by atoms with Crippen molar-refractivity contribution in [3.63, 3.8) is 0 Å². The second-order valence-electron chi connectivity index (χ2n) is 9.07. The number of nitrogens with one attached hydrogen (secondary N) is 1. The van der Waals surface area contributed by atoms with Crippen molar-refractivity contribution in [2.75, 3.05) is 34.8 Å². The number of piperidine rings is 1. The Labute approximate surface area is 195 Å². The number of fused-ring (bicyclic) bond motifs is 3. The Bertz CT molecular complexity index is 1170. The van der Waals surface area contributed by atoms with E-state index in [9.17, 15) is 8.78 Å². The molecule has 1 aromatic carbocycles. The maximum atomic E-state index is 13.8. The molecule has 0 spiro atoms. The number of anilines is 4. The molecule has 2 fully saturated rings. The van der Waals surface area contributed by atoms with Gasteiger partial charge < -0.3 is 15.1 Å². The third-order valence-corrected chi connectivity index (χ3v) is 7.27. The van der Waals surface area contributed by atoms with E-state index in [1.54, 1.807) is 12.3 Å². The van der Waals surface area contributed by atoms with Crippen LogP contribution in [0.1, 0.15) is 19.3 Å². The van der Waals surface area contributed by atoms with Gasteiger partial charge in [-0.25, -0.2) is 18.4 Å². The van der Waals surface area contributed by atoms with Gasteiger partial charge in [0.05, 0.1) is 0 Å². The summed E-state index contributed by atoms with van der Waals surface area (Å²) < 4.78 is 29.1. The molecule has 172 valence electrons. The zero-order valence-corrected chi connectivity index (χ0v) is 18.7. The van der Waals surface area contributed by atoms with Crippen LogP contribution in [0.15, 0.2) is 36.5 Å². The monoisotopic (exact) mass is 471 g/mol. The van der Waals surface area contributed by atoms with Gasteiger partial charge in [0.25, 0.3) is 0 Å². The minimum absolute atomic E-state index is 0.305. The highest BCUT2D eigenvalue weighted by Gasteiger charge is 2.43. The molecule has 33 heavy (non-hydrogen) atoms. The Morgan fingerprint density at radius 3 is 2.55 bits per heavy atom. The van der Waals surface area contributed by atoms with Gasteiger partial charge in [-0.2, -0.15) is 4.98 Å². The molecule has 7 nitrogen and oxygen atoms in total. The fourth-order valence-electron chi connectivity index (χ4n) is 5.53. The number of hydrogen-bond acceptors (Lipinski definition) is 6. The van der Waals surface area contributed by atoms with Crippen LogP contribution in [0, 0.1) is 23.5 Å². The van der Waals surface area contributed by atoms with Crippen LogP contribution < -0.4 is 15.1 Å². The first-order valence-corrected chi connectivity index (χ1v) is 11.7. The van der Waals surface area contributed by atoms with E-state index in [1.165, 1.54) is 6.07 Å². The Kier molecular flexibility index (Phi) is 5.09. The third-order valence-electron chi connectivity index (χ3n) is 7.06. The fraction of sp³-hybridized carbons (Fsp3) is 0.435. The van der Waals surface area contributed by atoms with E-state index in [0.717, 1.165) is 50.7 Å². The first kappa shape index (κ1) is 20.7. The molecular weight excluding hydrogens is 448 g/mol. The molecule has 0 unspecified atom stereocenters. The molecule has 1 N–H and O–H groups in total. The van der Waals surface area contributed by atoms with Gasteiger partial charge >= 0.3 is 0 Å². The molecule has 0 amide bonds. The lowest BCUT2D eigenvalue weighted by molar-refractivity contribution is 0.376. The number of hydrogen-bond donors (Lipinski definition) is 1. The summed E-state index contributed by atoms with van der Waals surface area (Å²) in [7, 11) is 0. The molecule has 0 radical (unpaired) electrons. The third kappa shape index (κ3) is 3.78. The number of aryl methyl sites for hydroxylation is 1. The van der Waals surface area contributed by atoms with Gasteiger partial charge in [0.1, 0.15) is 5.15 Å². The van der Waals surface area contributed by atoms with Crippen LogP contribution in [0.2, 0.25) is 5.15 Å². The predicted molar refractivity (Wildman–Crippen MR) is 123 cm³/mol. The van der Waals surface area contributed by atoms with Crippen LogP contribution in [0.3, 0.4) is 0 Å². The molecule has 1 aliphatic carbocycles. The van der Waals surface area contributed by atoms with Gasteiger partial charge in [-0.15, -0.1) is 5.10 Å². The van der Waals surface area contributed by atoms with E-state index in [4.69, 9.17) is 21.7 Å². The lowest BCUT2D eigenvalue weighted by Crippen LogP contribution is -2.48. The van der Waals surface area contributed by atoms with E-state index in [-0.39, 0.29) is 0 Å². The van der Waals surface area contributed by atoms with Crippen molar-refractivity contribution >= 4 is 34.9 Å². The van der Waals surface area contributed by atoms with Crippen molar-refractivity contribution in [1.29, 1.82) is 0 Å². The summed E-state index contributed by atoms with van der Waals surface area (Å²) in [6, 6.07) is 8.19. The van der Waals surface area contributed by atoms with E-state index >= 15 is 0 Å². The quantitative estimate of drug-likeness (QED) is 0.566. The standard InChI is InChI=1S/C23H24ClF2N7/c24-20-11-16(6-7-27-20)31-12-14-2-3-15(13-31)21(14)28-22-29-23-32(8-1-9-33(23)30-22)17-4-5-18(25)19(26)10-17/h4-7,10-11,14-15,21H,1-3,8-9,12-13H2,(H,28,30)/t14-,15+,21+. The van der Waals surface area contributed by atoms with Crippen LogP contribution in [-0.2, 0) is 6.54 Å². The molecule has 2 aliphatic heterocycles. The van der Waals surface area contributed by atoms with Gasteiger partial charge in [0.2, 0.25) is 11.9 Å². The lowest BCUT2D eigenvalue weighted by Gasteiger charge is -2.39. The number of pyridine rings is 1. The average Bonchev–Trinajstić information content (AvgIpc) is 3.31. The van der Waals surface area contributed by atoms with E-state index < -0.39 is 11.6 Å². The molecule has 3 atom stereocenters. The number of halogens is 3. The largest absolute Gasteiger partial charge is 0.371 e. The normalized spacial score (nSPS) is 24.2. The molecule has 4 heterocycles. The first-order valence-electron chi connectivity index (χ1n) is 11.4. The Balaban J connectivity index is 1.21. The van der Waals surface area contributed by atoms with Gasteiger partial charge in [-0.3, -0.25) is 0 Å². The highest BCUT2D eigenvalue weighted by Crippen LogP contribution is 2.40. The Morgan fingerprint density at radius 2 is 1.79 bits per heavy atom. The average molecular weight is 472 g/mol. The lowest BCUT2D eigenvalue weighted by atomic mass is 9.92. The van der Waals surface area contributed by atoms with Gasteiger partial charge in [-0.05, 0) is 55.4 Å². The van der Waals surface area contributed by atoms with Crippen molar-refractivity contribution in [2.24, 2.45) is 11.8 Å². The Hall–Kier alpha value is -2.94. The van der Waals surface area contributed by atoms with Crippen LogP contribution in [0.5, 0.6) is 0 Å². The van der Waals surface area contributed by atoms with Crippen molar-refractivity contribution in [3.05, 3.63) is 53.3 Å². The predicted octanol–water partition coefficient (Wildman–Crippen LogP) is 4.47. The highest BCUT2D eigenvalue weighted by molar-refractivity contribution is 6.29. The Morgan fingerprint density at radius 1 is 0.970 bits per heavy atom. The SMILES string of the molecule is Fc1ccc(N2CCCn3nc(N[C@H]4[C@@H]5CC[C@H]4CN(c4ccnc(Cl)c4)C5)nc32)cc1F. The molecule has 6 rings (SSSR count). The number of nitrogens with zero attached hydrogens (tertiary/aromatic N) is 6. The fourth-order valence-corrected chi connectivity index (χ4v) is 5.70. The summed E-state index contributed by atoms with van der Waals surface area (Å²) in [4.78, 5) is 13.1. The summed E-state index contributed by atoms with van der Waals surface area (Å²) in [5.41, 5.74) is 1.70. The van der Waals surface area contributed by atoms with Gasteiger partial charge in [0.15, 0.2) is 11.6 Å². The zero-order chi connectivity index (χ0) is 22.5. The minimum Gasteiger partial charge on any atom is -0.371 e. The molecule has 1 saturated carbocycles. The summed E-state index contributed by atoms with van der Waals surface area (Å²) in [5, 5.41) is 8.81. The minimum atomic E-state index is -0.860. The molecule has 10 heteroatoms. The van der Waals surface area contributed by atoms with Gasteiger partial charge in [-0.1, -0.05) is 11.6 Å². The summed E-state index contributed by atoms with van der Waals surface area (Å²) >= 11 is 6.10. The van der Waals surface area contributed by atoms with Crippen molar-refractivity contribution in [2.45, 2.75) is 31.8 Å². The summed E-state index contributed by atoms with van der Waals surface area (Å²) in [6.07, 6.45) is 4.92. The van der Waals surface area contributed by atoms with E-state index in [2.05, 4.69) is 15.2 Å². The van der Waals surface area contributed by atoms with E-state index in [1.807, 2.05) is 21.7 Å². The maximum absolute atomic E-state index is 13.8. The van der Waals surface area contributed by atoms with Crippen LogP contribution in [0.4, 0.5) is 32.1 Å². The molecule has 2 bridgehead atoms. The van der Waals surface area contributed by atoms with Gasteiger partial charge in [0, 0.05) is 55.9 Å². The topological polar surface area (TPSA) is 62.1 Å². The van der Waals surface area contributed by atoms with Crippen LogP contribution in [0.25, 0.3) is 0 Å². The summed E-state index contributed by atoms with van der Waals surface area (Å²) in [5.74, 6) is 0.515.